The van der Waals surface area contributed by atoms with Gasteiger partial charge in [0.15, 0.2) is 17.3 Å². The average molecular weight is 655 g/mol. The van der Waals surface area contributed by atoms with Gasteiger partial charge >= 0.3 is 0 Å². The lowest BCUT2D eigenvalue weighted by Crippen LogP contribution is -2.03. The van der Waals surface area contributed by atoms with Crippen molar-refractivity contribution >= 4 is 17.3 Å². The maximum Gasteiger partial charge on any atom is 0.194 e. The van der Waals surface area contributed by atoms with Crippen molar-refractivity contribution in [2.75, 3.05) is 0 Å². The van der Waals surface area contributed by atoms with E-state index in [4.69, 9.17) is 0 Å². The zero-order valence-electron chi connectivity index (χ0n) is 28.3. The third kappa shape index (κ3) is 3.97. The summed E-state index contributed by atoms with van der Waals surface area (Å²) in [6, 6.07) is 42.1. The zero-order valence-corrected chi connectivity index (χ0v) is 28.3. The van der Waals surface area contributed by atoms with E-state index in [1.54, 1.807) is 0 Å². The van der Waals surface area contributed by atoms with Crippen molar-refractivity contribution in [3.8, 4) is 66.8 Å². The van der Waals surface area contributed by atoms with Crippen molar-refractivity contribution in [1.29, 1.82) is 0 Å². The molecule has 0 radical (unpaired) electrons. The lowest BCUT2D eigenvalue weighted by atomic mass is 9.79. The number of benzene rings is 7. The maximum absolute atomic E-state index is 13.7. The Morgan fingerprint density at radius 1 is 0.275 bits per heavy atom. The maximum atomic E-state index is 13.7. The quantitative estimate of drug-likeness (QED) is 0.190. The molecule has 0 bridgehead atoms. The molecule has 3 heteroatoms. The molecular formula is C48H30O3. The highest BCUT2D eigenvalue weighted by Gasteiger charge is 2.31. The molecule has 7 aromatic carbocycles. The number of rotatable bonds is 3. The Hall–Kier alpha value is -6.45. The molecule has 10 rings (SSSR count). The second kappa shape index (κ2) is 10.5. The van der Waals surface area contributed by atoms with E-state index < -0.39 is 0 Å². The molecule has 0 amide bonds. The van der Waals surface area contributed by atoms with Crippen LogP contribution in [0.2, 0.25) is 0 Å². The summed E-state index contributed by atoms with van der Waals surface area (Å²) in [5.74, 6) is 0.121. The fourth-order valence-corrected chi connectivity index (χ4v) is 9.07. The number of carbonyl (C=O) groups is 3. The zero-order chi connectivity index (χ0) is 34.7. The molecule has 0 saturated heterocycles. The third-order valence-corrected chi connectivity index (χ3v) is 11.3. The van der Waals surface area contributed by atoms with Crippen LogP contribution in [0.3, 0.4) is 0 Å². The molecule has 7 aromatic rings. The standard InChI is InChI=1S/C48H30O3/c1-25-43(28-16-19-34-31-10-4-7-13-37(31)46(49)40(34)22-28)26(2)45(30-18-21-36-33-12-6-9-15-39(33)48(51)42(36)24-30)27(3)44(25)29-17-20-35-32-11-5-8-14-38(32)47(50)41(35)23-29/h4-24H,1-3H3. The van der Waals surface area contributed by atoms with E-state index in [0.717, 1.165) is 100 Å². The summed E-state index contributed by atoms with van der Waals surface area (Å²) >= 11 is 0. The molecule has 3 nitrogen and oxygen atoms in total. The molecule has 240 valence electrons. The lowest BCUT2D eigenvalue weighted by Gasteiger charge is -2.24. The Morgan fingerprint density at radius 2 is 0.510 bits per heavy atom. The van der Waals surface area contributed by atoms with Gasteiger partial charge in [0.05, 0.1) is 0 Å². The van der Waals surface area contributed by atoms with E-state index in [0.29, 0.717) is 16.7 Å². The molecule has 0 unspecified atom stereocenters. The first-order valence-electron chi connectivity index (χ1n) is 17.3. The fourth-order valence-electron chi connectivity index (χ4n) is 9.07. The van der Waals surface area contributed by atoms with Gasteiger partial charge in [-0.25, -0.2) is 0 Å². The molecular weight excluding hydrogens is 625 g/mol. The summed E-state index contributed by atoms with van der Waals surface area (Å²) in [7, 11) is 0. The van der Waals surface area contributed by atoms with Crippen LogP contribution in [0, 0.1) is 20.8 Å². The number of carbonyl (C=O) groups excluding carboxylic acids is 3. The number of hydrogen-bond donors (Lipinski definition) is 0. The summed E-state index contributed by atoms with van der Waals surface area (Å²) in [6.45, 7) is 6.43. The number of ketones is 3. The lowest BCUT2D eigenvalue weighted by molar-refractivity contribution is 0.103. The van der Waals surface area contributed by atoms with Crippen LogP contribution in [0.25, 0.3) is 66.8 Å². The van der Waals surface area contributed by atoms with Crippen molar-refractivity contribution in [3.63, 3.8) is 0 Å². The van der Waals surface area contributed by atoms with Gasteiger partial charge in [-0.2, -0.15) is 0 Å². The highest BCUT2D eigenvalue weighted by Crippen LogP contribution is 2.48. The minimum Gasteiger partial charge on any atom is -0.289 e. The van der Waals surface area contributed by atoms with E-state index >= 15 is 0 Å². The van der Waals surface area contributed by atoms with E-state index in [2.05, 4.69) is 57.2 Å². The molecule has 0 aliphatic heterocycles. The van der Waals surface area contributed by atoms with Crippen LogP contribution >= 0.6 is 0 Å². The Labute approximate surface area is 295 Å². The van der Waals surface area contributed by atoms with Gasteiger partial charge in [-0.05, 0) is 122 Å². The van der Waals surface area contributed by atoms with Crippen LogP contribution in [-0.4, -0.2) is 17.3 Å². The van der Waals surface area contributed by atoms with Crippen molar-refractivity contribution in [2.24, 2.45) is 0 Å². The summed E-state index contributed by atoms with van der Waals surface area (Å²) in [5.41, 5.74) is 19.3. The minimum atomic E-state index is 0.0405. The van der Waals surface area contributed by atoms with Gasteiger partial charge in [0.25, 0.3) is 0 Å². The predicted octanol–water partition coefficient (Wildman–Crippen LogP) is 11.2. The summed E-state index contributed by atoms with van der Waals surface area (Å²) in [5, 5.41) is 0. The topological polar surface area (TPSA) is 51.2 Å². The first-order valence-corrected chi connectivity index (χ1v) is 17.3. The van der Waals surface area contributed by atoms with E-state index in [9.17, 15) is 14.4 Å². The minimum absolute atomic E-state index is 0.0405. The summed E-state index contributed by atoms with van der Waals surface area (Å²) < 4.78 is 0. The normalized spacial score (nSPS) is 13.1. The molecule has 3 aliphatic carbocycles. The Balaban J connectivity index is 1.22. The van der Waals surface area contributed by atoms with Gasteiger partial charge in [0.1, 0.15) is 0 Å². The Morgan fingerprint density at radius 3 is 0.784 bits per heavy atom. The molecule has 0 aromatic heterocycles. The van der Waals surface area contributed by atoms with Gasteiger partial charge in [-0.15, -0.1) is 0 Å². The number of fused-ring (bicyclic) bond motifs is 9. The monoisotopic (exact) mass is 654 g/mol. The van der Waals surface area contributed by atoms with Crippen molar-refractivity contribution in [1.82, 2.24) is 0 Å². The van der Waals surface area contributed by atoms with Gasteiger partial charge in [-0.1, -0.05) is 109 Å². The van der Waals surface area contributed by atoms with Crippen LogP contribution in [0.15, 0.2) is 127 Å². The highest BCUT2D eigenvalue weighted by molar-refractivity contribution is 6.24. The second-order valence-electron chi connectivity index (χ2n) is 13.9. The largest absolute Gasteiger partial charge is 0.289 e. The molecule has 0 heterocycles. The third-order valence-electron chi connectivity index (χ3n) is 11.3. The van der Waals surface area contributed by atoms with Crippen molar-refractivity contribution in [2.45, 2.75) is 20.8 Å². The Kier molecular flexibility index (Phi) is 6.08. The smallest absolute Gasteiger partial charge is 0.194 e. The van der Waals surface area contributed by atoms with Gasteiger partial charge in [0.2, 0.25) is 0 Å². The van der Waals surface area contributed by atoms with Crippen LogP contribution in [0.4, 0.5) is 0 Å². The molecule has 0 fully saturated rings. The Bertz CT molecular complexity index is 2460. The first kappa shape index (κ1) is 29.5. The van der Waals surface area contributed by atoms with Gasteiger partial charge in [-0.3, -0.25) is 14.4 Å². The van der Waals surface area contributed by atoms with Crippen molar-refractivity contribution in [3.05, 3.63) is 177 Å². The SMILES string of the molecule is Cc1c(-c2ccc3c(c2)C(=O)c2ccccc2-3)c(C)c(-c2ccc3c(c2)C(=O)c2ccccc2-3)c(C)c1-c1ccc2c(c1)C(=O)c1ccccc1-2. The van der Waals surface area contributed by atoms with E-state index in [1.807, 2.05) is 91.0 Å². The van der Waals surface area contributed by atoms with Crippen LogP contribution in [0.5, 0.6) is 0 Å². The second-order valence-corrected chi connectivity index (χ2v) is 13.9. The highest BCUT2D eigenvalue weighted by atomic mass is 16.1. The molecule has 0 atom stereocenters. The average Bonchev–Trinajstić information content (AvgIpc) is 3.72. The van der Waals surface area contributed by atoms with E-state index in [-0.39, 0.29) is 17.3 Å². The first-order chi connectivity index (χ1) is 24.8. The van der Waals surface area contributed by atoms with Crippen molar-refractivity contribution < 1.29 is 14.4 Å². The molecule has 0 saturated carbocycles. The molecule has 0 spiro atoms. The summed E-state index contributed by atoms with van der Waals surface area (Å²) in [4.78, 5) is 41.0. The van der Waals surface area contributed by atoms with Gasteiger partial charge in [0, 0.05) is 33.4 Å². The van der Waals surface area contributed by atoms with E-state index in [1.165, 1.54) is 0 Å². The summed E-state index contributed by atoms with van der Waals surface area (Å²) in [6.07, 6.45) is 0. The molecule has 0 N–H and O–H groups in total. The number of hydrogen-bond acceptors (Lipinski definition) is 3. The van der Waals surface area contributed by atoms with Gasteiger partial charge < -0.3 is 0 Å². The predicted molar refractivity (Wildman–Crippen MR) is 204 cm³/mol. The van der Waals surface area contributed by atoms with Crippen LogP contribution in [0.1, 0.15) is 64.5 Å². The molecule has 51 heavy (non-hydrogen) atoms. The fraction of sp³-hybridized carbons (Fsp3) is 0.0625. The van der Waals surface area contributed by atoms with Crippen LogP contribution in [-0.2, 0) is 0 Å². The van der Waals surface area contributed by atoms with Crippen LogP contribution < -0.4 is 0 Å². The molecule has 3 aliphatic rings.